The van der Waals surface area contributed by atoms with Gasteiger partial charge in [-0.25, -0.2) is 4.90 Å². The molecule has 1 aliphatic heterocycles. The summed E-state index contributed by atoms with van der Waals surface area (Å²) in [4.78, 5) is 36.3. The van der Waals surface area contributed by atoms with E-state index in [0.717, 1.165) is 22.2 Å². The van der Waals surface area contributed by atoms with Gasteiger partial charge in [-0.15, -0.1) is 5.10 Å². The summed E-state index contributed by atoms with van der Waals surface area (Å²) in [7, 11) is 0. The third kappa shape index (κ3) is 4.66. The van der Waals surface area contributed by atoms with Gasteiger partial charge in [0.25, 0.3) is 5.69 Å². The first kappa shape index (κ1) is 20.2. The van der Waals surface area contributed by atoms with Gasteiger partial charge in [-0.05, 0) is 18.6 Å². The van der Waals surface area contributed by atoms with Crippen LogP contribution in [0.15, 0.2) is 64.8 Å². The smallest absolute Gasteiger partial charge is 0.271 e. The average Bonchev–Trinajstić information content (AvgIpc) is 2.99. The van der Waals surface area contributed by atoms with Crippen LogP contribution in [0.4, 0.5) is 11.4 Å². The summed E-state index contributed by atoms with van der Waals surface area (Å²) < 4.78 is 0. The van der Waals surface area contributed by atoms with Crippen molar-refractivity contribution < 1.29 is 14.5 Å². The second-order valence-corrected chi connectivity index (χ2v) is 7.37. The number of imide groups is 1. The Morgan fingerprint density at radius 2 is 1.90 bits per heavy atom. The number of carbonyl (C=O) groups is 2. The first-order valence-electron chi connectivity index (χ1n) is 8.58. The van der Waals surface area contributed by atoms with E-state index in [-0.39, 0.29) is 23.0 Å². The molecule has 2 aromatic rings. The van der Waals surface area contributed by atoms with Crippen molar-refractivity contribution in [2.45, 2.75) is 18.6 Å². The van der Waals surface area contributed by atoms with Gasteiger partial charge in [0.1, 0.15) is 5.25 Å². The Morgan fingerprint density at radius 1 is 1.17 bits per heavy atom. The monoisotopic (exact) mass is 411 g/mol. The first-order chi connectivity index (χ1) is 13.9. The van der Waals surface area contributed by atoms with Gasteiger partial charge in [0, 0.05) is 18.6 Å². The maximum Gasteiger partial charge on any atom is 0.271 e. The largest absolute Gasteiger partial charge is 0.377 e. The molecule has 9 nitrogen and oxygen atoms in total. The number of rotatable bonds is 5. The summed E-state index contributed by atoms with van der Waals surface area (Å²) in [5, 5.41) is 18.2. The molecule has 29 heavy (non-hydrogen) atoms. The van der Waals surface area contributed by atoms with Gasteiger partial charge in [0.15, 0.2) is 5.17 Å². The van der Waals surface area contributed by atoms with Crippen LogP contribution in [0, 0.1) is 10.1 Å². The molecule has 1 fully saturated rings. The fourth-order valence-corrected chi connectivity index (χ4v) is 3.56. The summed E-state index contributed by atoms with van der Waals surface area (Å²) in [5.41, 5.74) is 7.37. The Bertz CT molecular complexity index is 1020. The number of nitrogens with two attached hydrogens (primary N) is 1. The number of amidine groups is 1. The fourth-order valence-electron chi connectivity index (χ4n) is 2.74. The summed E-state index contributed by atoms with van der Waals surface area (Å²) >= 11 is 0.940. The van der Waals surface area contributed by atoms with Gasteiger partial charge < -0.3 is 5.73 Å². The van der Waals surface area contributed by atoms with Crippen molar-refractivity contribution in [1.29, 1.82) is 0 Å². The number of nitro benzene ring substituents is 1. The van der Waals surface area contributed by atoms with Crippen molar-refractivity contribution in [2.24, 2.45) is 15.9 Å². The van der Waals surface area contributed by atoms with Gasteiger partial charge in [-0.1, -0.05) is 48.2 Å². The van der Waals surface area contributed by atoms with Gasteiger partial charge in [0.05, 0.1) is 16.3 Å². The highest BCUT2D eigenvalue weighted by Gasteiger charge is 2.41. The maximum absolute atomic E-state index is 12.7. The van der Waals surface area contributed by atoms with Gasteiger partial charge in [-0.2, -0.15) is 5.10 Å². The van der Waals surface area contributed by atoms with Gasteiger partial charge in [-0.3, -0.25) is 19.7 Å². The topological polar surface area (TPSA) is 131 Å². The first-order valence-corrected chi connectivity index (χ1v) is 9.46. The second kappa shape index (κ2) is 8.65. The number of thioether (sulfide) groups is 1. The molecule has 1 heterocycles. The summed E-state index contributed by atoms with van der Waals surface area (Å²) in [6.07, 6.45) is -0.0796. The van der Waals surface area contributed by atoms with Crippen molar-refractivity contribution in [1.82, 2.24) is 0 Å². The van der Waals surface area contributed by atoms with Crippen LogP contribution in [0.25, 0.3) is 0 Å². The number of amides is 2. The number of hydrogen-bond donors (Lipinski definition) is 1. The SMILES string of the molecule is CC(=NN=C(N)S[C@@H]1CC(=O)N(c2cccc([N+](=O)[O-])c2)C1=O)c1ccccc1. The Labute approximate surface area is 170 Å². The lowest BCUT2D eigenvalue weighted by molar-refractivity contribution is -0.384. The Morgan fingerprint density at radius 3 is 2.59 bits per heavy atom. The highest BCUT2D eigenvalue weighted by atomic mass is 32.2. The highest BCUT2D eigenvalue weighted by Crippen LogP contribution is 2.31. The molecule has 148 valence electrons. The average molecular weight is 411 g/mol. The molecule has 10 heteroatoms. The van der Waals surface area contributed by atoms with Crippen molar-refractivity contribution in [3.8, 4) is 0 Å². The molecule has 0 aromatic heterocycles. The third-order valence-electron chi connectivity index (χ3n) is 4.16. The number of hydrogen-bond acceptors (Lipinski definition) is 7. The quantitative estimate of drug-likeness (QED) is 0.265. The van der Waals surface area contributed by atoms with E-state index >= 15 is 0 Å². The molecule has 2 amide bonds. The van der Waals surface area contributed by atoms with E-state index < -0.39 is 22.0 Å². The molecule has 0 bridgehead atoms. The molecule has 0 saturated carbocycles. The van der Waals surface area contributed by atoms with Crippen LogP contribution in [0.2, 0.25) is 0 Å². The van der Waals surface area contributed by atoms with Crippen LogP contribution in [0.3, 0.4) is 0 Å². The van der Waals surface area contributed by atoms with Crippen LogP contribution >= 0.6 is 11.8 Å². The molecular formula is C19H17N5O4S. The zero-order valence-corrected chi connectivity index (χ0v) is 16.2. The predicted octanol–water partition coefficient (Wildman–Crippen LogP) is 2.70. The molecule has 0 unspecified atom stereocenters. The predicted molar refractivity (Wildman–Crippen MR) is 112 cm³/mol. The van der Waals surface area contributed by atoms with E-state index in [9.17, 15) is 19.7 Å². The molecule has 0 spiro atoms. The van der Waals surface area contributed by atoms with E-state index in [4.69, 9.17) is 5.73 Å². The Hall–Kier alpha value is -3.53. The van der Waals surface area contributed by atoms with Crippen LogP contribution in [-0.4, -0.2) is 32.9 Å². The minimum absolute atomic E-state index is 0.0484. The number of carbonyl (C=O) groups excluding carboxylic acids is 2. The highest BCUT2D eigenvalue weighted by molar-refractivity contribution is 8.14. The van der Waals surface area contributed by atoms with E-state index in [1.165, 1.54) is 24.3 Å². The number of nitrogens with zero attached hydrogens (tertiary/aromatic N) is 4. The summed E-state index contributed by atoms with van der Waals surface area (Å²) in [6.45, 7) is 1.78. The van der Waals surface area contributed by atoms with Crippen LogP contribution in [0.5, 0.6) is 0 Å². The summed E-state index contributed by atoms with van der Waals surface area (Å²) in [5.74, 6) is -0.952. The van der Waals surface area contributed by atoms with E-state index in [0.29, 0.717) is 5.71 Å². The number of benzene rings is 2. The zero-order valence-electron chi connectivity index (χ0n) is 15.4. The normalized spacial score (nSPS) is 17.7. The minimum Gasteiger partial charge on any atom is -0.377 e. The van der Waals surface area contributed by atoms with E-state index in [2.05, 4.69) is 10.2 Å². The molecule has 0 aliphatic carbocycles. The lowest BCUT2D eigenvalue weighted by Gasteiger charge is -2.14. The lowest BCUT2D eigenvalue weighted by atomic mass is 10.1. The zero-order chi connectivity index (χ0) is 21.0. The fraction of sp³-hybridized carbons (Fsp3) is 0.158. The van der Waals surface area contributed by atoms with Crippen molar-refractivity contribution in [3.05, 3.63) is 70.3 Å². The van der Waals surface area contributed by atoms with Crippen molar-refractivity contribution in [2.75, 3.05) is 4.90 Å². The minimum atomic E-state index is -0.766. The molecule has 1 atom stereocenters. The number of non-ortho nitro benzene ring substituents is 1. The van der Waals surface area contributed by atoms with Crippen LogP contribution in [-0.2, 0) is 9.59 Å². The third-order valence-corrected chi connectivity index (χ3v) is 5.13. The van der Waals surface area contributed by atoms with Crippen molar-refractivity contribution >= 4 is 45.8 Å². The molecule has 1 aliphatic rings. The molecule has 2 aromatic carbocycles. The second-order valence-electron chi connectivity index (χ2n) is 6.14. The maximum atomic E-state index is 12.7. The van der Waals surface area contributed by atoms with Crippen LogP contribution < -0.4 is 10.6 Å². The molecule has 3 rings (SSSR count). The lowest BCUT2D eigenvalue weighted by Crippen LogP contribution is -2.31. The molecule has 0 radical (unpaired) electrons. The standard InChI is InChI=1S/C19H17N5O4S/c1-12(13-6-3-2-4-7-13)21-22-19(20)29-16-11-17(25)23(18(16)26)14-8-5-9-15(10-14)24(27)28/h2-10,16H,11H2,1H3,(H2,20,22)/t16-/m1/s1. The molecule has 2 N–H and O–H groups in total. The van der Waals surface area contributed by atoms with Crippen molar-refractivity contribution in [3.63, 3.8) is 0 Å². The number of anilines is 1. The molecular weight excluding hydrogens is 394 g/mol. The Balaban J connectivity index is 1.73. The van der Waals surface area contributed by atoms with E-state index in [1.54, 1.807) is 6.92 Å². The van der Waals surface area contributed by atoms with Gasteiger partial charge in [0.2, 0.25) is 11.8 Å². The van der Waals surface area contributed by atoms with E-state index in [1.807, 2.05) is 30.3 Å². The molecule has 1 saturated heterocycles. The van der Waals surface area contributed by atoms with Crippen LogP contribution in [0.1, 0.15) is 18.9 Å². The Kier molecular flexibility index (Phi) is 6.03. The van der Waals surface area contributed by atoms with Gasteiger partial charge >= 0.3 is 0 Å². The number of nitro groups is 1. The summed E-state index contributed by atoms with van der Waals surface area (Å²) in [6, 6.07) is 14.8.